The molecule has 0 saturated heterocycles. The third-order valence-corrected chi connectivity index (χ3v) is 14.4. The lowest BCUT2D eigenvalue weighted by Gasteiger charge is -2.30. The number of nitrogens with zero attached hydrogens (tertiary/aromatic N) is 3. The lowest BCUT2D eigenvalue weighted by atomic mass is 9.70. The van der Waals surface area contributed by atoms with Crippen LogP contribution in [0.15, 0.2) is 188 Å². The second-order valence-electron chi connectivity index (χ2n) is 17.6. The average molecular weight is 776 g/mol. The van der Waals surface area contributed by atoms with Crippen molar-refractivity contribution in [3.8, 4) is 50.7 Å². The van der Waals surface area contributed by atoms with E-state index >= 15 is 0 Å². The van der Waals surface area contributed by atoms with Crippen molar-refractivity contribution in [3.05, 3.63) is 221 Å². The zero-order valence-corrected chi connectivity index (χ0v) is 33.7. The Morgan fingerprint density at radius 2 is 0.934 bits per heavy atom. The normalized spacial score (nSPS) is 14.7. The van der Waals surface area contributed by atoms with Crippen molar-refractivity contribution in [2.24, 2.45) is 0 Å². The number of aromatic nitrogens is 3. The van der Waals surface area contributed by atoms with Gasteiger partial charge in [-0.2, -0.15) is 0 Å². The second-order valence-corrected chi connectivity index (χ2v) is 17.6. The highest BCUT2D eigenvalue weighted by Crippen LogP contribution is 2.63. The molecule has 2 heterocycles. The minimum atomic E-state index is -0.404. The van der Waals surface area contributed by atoms with E-state index in [0.717, 1.165) is 28.0 Å². The predicted molar refractivity (Wildman–Crippen MR) is 251 cm³/mol. The fraction of sp³-hybridized carbons (Fsp3) is 0.0690. The summed E-state index contributed by atoms with van der Waals surface area (Å²) >= 11 is 0. The van der Waals surface area contributed by atoms with Gasteiger partial charge < -0.3 is 0 Å². The third-order valence-electron chi connectivity index (χ3n) is 14.4. The molecule has 11 aromatic rings. The van der Waals surface area contributed by atoms with Gasteiger partial charge >= 0.3 is 0 Å². The zero-order chi connectivity index (χ0) is 40.2. The number of fused-ring (bicyclic) bond motifs is 19. The predicted octanol–water partition coefficient (Wildman–Crippen LogP) is 14.2. The monoisotopic (exact) mass is 775 g/mol. The van der Waals surface area contributed by atoms with Crippen molar-refractivity contribution in [2.75, 3.05) is 0 Å². The van der Waals surface area contributed by atoms with Gasteiger partial charge in [-0.1, -0.05) is 184 Å². The highest BCUT2D eigenvalue weighted by atomic mass is 15.2. The summed E-state index contributed by atoms with van der Waals surface area (Å²) in [5.41, 5.74) is 18.7. The first-order chi connectivity index (χ1) is 30.0. The fourth-order valence-corrected chi connectivity index (χ4v) is 11.8. The molecule has 0 fully saturated rings. The SMILES string of the molecule is CC1(C)c2ccccc2-c2nc(-n3c4cc5ccccc5cc4c4ccc5ccccc5c43)nc(-c3ccc4c(c3)-c3ccccc3C43c4ccccc4-c4ccccc43)c21. The Bertz CT molecular complexity index is 3710. The molecule has 14 rings (SSSR count). The molecule has 0 amide bonds. The first-order valence-electron chi connectivity index (χ1n) is 21.3. The van der Waals surface area contributed by atoms with E-state index in [-0.39, 0.29) is 5.41 Å². The number of benzene rings is 9. The summed E-state index contributed by atoms with van der Waals surface area (Å²) in [7, 11) is 0. The Kier molecular flexibility index (Phi) is 6.30. The molecule has 0 radical (unpaired) electrons. The van der Waals surface area contributed by atoms with Crippen molar-refractivity contribution in [2.45, 2.75) is 24.7 Å². The summed E-state index contributed by atoms with van der Waals surface area (Å²) in [5, 5.41) is 7.18. The van der Waals surface area contributed by atoms with Gasteiger partial charge in [0.2, 0.25) is 5.95 Å². The maximum absolute atomic E-state index is 5.82. The van der Waals surface area contributed by atoms with Gasteiger partial charge in [-0.05, 0) is 84.4 Å². The van der Waals surface area contributed by atoms with Crippen LogP contribution in [0.5, 0.6) is 0 Å². The van der Waals surface area contributed by atoms with Crippen LogP contribution in [-0.2, 0) is 10.8 Å². The van der Waals surface area contributed by atoms with Crippen LogP contribution in [0, 0.1) is 0 Å². The van der Waals surface area contributed by atoms with Crippen molar-refractivity contribution in [3.63, 3.8) is 0 Å². The molecule has 3 aliphatic carbocycles. The standard InChI is InChI=1S/C58H37N3/c1-57(2)46-23-11-10-22-43(46)54-52(57)53(59-56(60-54)61-51-33-36-17-4-3-16-35(36)31-45(51)42-29-27-34-15-5-6-18-38(34)55(42)61)37-28-30-50-44(32-37)41-21-9-14-26-49(41)58(50)47-24-12-7-19-39(47)40-20-8-13-25-48(40)58/h3-33H,1-2H3. The first-order valence-corrected chi connectivity index (χ1v) is 21.3. The van der Waals surface area contributed by atoms with E-state index in [1.165, 1.54) is 93.5 Å². The van der Waals surface area contributed by atoms with Crippen LogP contribution in [0.2, 0.25) is 0 Å². The summed E-state index contributed by atoms with van der Waals surface area (Å²) in [6.07, 6.45) is 0. The van der Waals surface area contributed by atoms with E-state index in [2.05, 4.69) is 206 Å². The third kappa shape index (κ3) is 4.09. The maximum atomic E-state index is 5.82. The lowest BCUT2D eigenvalue weighted by Crippen LogP contribution is -2.25. The van der Waals surface area contributed by atoms with E-state index in [1.54, 1.807) is 0 Å². The molecule has 0 bridgehead atoms. The number of hydrogen-bond acceptors (Lipinski definition) is 2. The molecule has 9 aromatic carbocycles. The molecule has 0 atom stereocenters. The van der Waals surface area contributed by atoms with Crippen LogP contribution in [-0.4, -0.2) is 14.5 Å². The molecule has 0 aliphatic heterocycles. The van der Waals surface area contributed by atoms with Crippen molar-refractivity contribution < 1.29 is 0 Å². The Hall–Kier alpha value is -7.62. The number of rotatable bonds is 2. The van der Waals surface area contributed by atoms with Crippen LogP contribution >= 0.6 is 0 Å². The van der Waals surface area contributed by atoms with Gasteiger partial charge in [-0.15, -0.1) is 0 Å². The lowest BCUT2D eigenvalue weighted by molar-refractivity contribution is 0.657. The molecule has 3 heteroatoms. The van der Waals surface area contributed by atoms with Gasteiger partial charge in [-0.25, -0.2) is 9.97 Å². The van der Waals surface area contributed by atoms with Gasteiger partial charge in [0.25, 0.3) is 0 Å². The molecule has 3 aliphatic rings. The molecule has 2 aromatic heterocycles. The van der Waals surface area contributed by atoms with Crippen molar-refractivity contribution in [1.29, 1.82) is 0 Å². The van der Waals surface area contributed by atoms with Gasteiger partial charge in [0.15, 0.2) is 0 Å². The van der Waals surface area contributed by atoms with Crippen molar-refractivity contribution in [1.82, 2.24) is 14.5 Å². The number of hydrogen-bond donors (Lipinski definition) is 0. The molecule has 0 N–H and O–H groups in total. The van der Waals surface area contributed by atoms with Crippen LogP contribution < -0.4 is 0 Å². The second kappa shape index (κ2) is 11.6. The van der Waals surface area contributed by atoms with E-state index in [9.17, 15) is 0 Å². The Balaban J connectivity index is 1.10. The van der Waals surface area contributed by atoms with Crippen LogP contribution in [0.3, 0.4) is 0 Å². The van der Waals surface area contributed by atoms with E-state index < -0.39 is 5.41 Å². The average Bonchev–Trinajstić information content (AvgIpc) is 3.98. The highest BCUT2D eigenvalue weighted by Gasteiger charge is 2.51. The topological polar surface area (TPSA) is 30.7 Å². The summed E-state index contributed by atoms with van der Waals surface area (Å²) in [6, 6.07) is 69.7. The minimum absolute atomic E-state index is 0.328. The summed E-state index contributed by atoms with van der Waals surface area (Å²) in [6.45, 7) is 4.68. The largest absolute Gasteiger partial charge is 0.277 e. The quantitative estimate of drug-likeness (QED) is 0.175. The summed E-state index contributed by atoms with van der Waals surface area (Å²) in [5.74, 6) is 0.684. The molecule has 3 nitrogen and oxygen atoms in total. The van der Waals surface area contributed by atoms with E-state index in [4.69, 9.17) is 9.97 Å². The van der Waals surface area contributed by atoms with Gasteiger partial charge in [0.1, 0.15) is 0 Å². The first kappa shape index (κ1) is 33.2. The molecule has 0 unspecified atom stereocenters. The highest BCUT2D eigenvalue weighted by molar-refractivity contribution is 6.20. The minimum Gasteiger partial charge on any atom is -0.277 e. The Labute approximate surface area is 353 Å². The molecule has 284 valence electrons. The van der Waals surface area contributed by atoms with E-state index in [1.807, 2.05) is 0 Å². The Morgan fingerprint density at radius 3 is 1.64 bits per heavy atom. The van der Waals surface area contributed by atoms with Crippen LogP contribution in [0.25, 0.3) is 94.1 Å². The zero-order valence-electron chi connectivity index (χ0n) is 33.7. The van der Waals surface area contributed by atoms with Crippen LogP contribution in [0.1, 0.15) is 47.2 Å². The van der Waals surface area contributed by atoms with Gasteiger partial charge in [0, 0.05) is 38.3 Å². The Morgan fingerprint density at radius 1 is 0.393 bits per heavy atom. The smallest absolute Gasteiger partial charge is 0.235 e. The summed E-state index contributed by atoms with van der Waals surface area (Å²) < 4.78 is 2.35. The van der Waals surface area contributed by atoms with Crippen LogP contribution in [0.4, 0.5) is 0 Å². The summed E-state index contributed by atoms with van der Waals surface area (Å²) in [4.78, 5) is 11.5. The maximum Gasteiger partial charge on any atom is 0.235 e. The molecule has 0 saturated carbocycles. The van der Waals surface area contributed by atoms with Gasteiger partial charge in [0.05, 0.1) is 27.8 Å². The molecule has 1 spiro atoms. The van der Waals surface area contributed by atoms with Gasteiger partial charge in [-0.3, -0.25) is 4.57 Å². The molecular formula is C58H37N3. The fourth-order valence-electron chi connectivity index (χ4n) is 11.8. The van der Waals surface area contributed by atoms with Crippen molar-refractivity contribution >= 4 is 43.4 Å². The molecular weight excluding hydrogens is 739 g/mol. The molecule has 61 heavy (non-hydrogen) atoms. The van der Waals surface area contributed by atoms with E-state index in [0.29, 0.717) is 5.95 Å².